The van der Waals surface area contributed by atoms with Crippen LogP contribution in [0.4, 0.5) is 13.2 Å². The number of hydrogen-bond acceptors (Lipinski definition) is 4. The van der Waals surface area contributed by atoms with Crippen LogP contribution in [-0.2, 0) is 16.6 Å². The molecule has 10 heteroatoms. The van der Waals surface area contributed by atoms with E-state index in [-0.39, 0.29) is 29.9 Å². The molecule has 0 atom stereocenters. The van der Waals surface area contributed by atoms with E-state index in [1.54, 1.807) is 6.07 Å². The maximum Gasteiger partial charge on any atom is 0.246 e. The van der Waals surface area contributed by atoms with Crippen molar-refractivity contribution in [3.8, 4) is 5.75 Å². The maximum atomic E-state index is 14.1. The lowest BCUT2D eigenvalue weighted by Crippen LogP contribution is -2.48. The molecule has 1 saturated heterocycles. The number of piperazine rings is 1. The van der Waals surface area contributed by atoms with E-state index in [0.717, 1.165) is 10.4 Å². The van der Waals surface area contributed by atoms with Crippen molar-refractivity contribution in [2.24, 2.45) is 0 Å². The number of nitrogens with zero attached hydrogens (tertiary/aromatic N) is 2. The van der Waals surface area contributed by atoms with E-state index in [1.807, 2.05) is 4.90 Å². The van der Waals surface area contributed by atoms with Crippen LogP contribution in [0.2, 0.25) is 0 Å². The molecule has 3 rings (SSSR count). The first-order valence-corrected chi connectivity index (χ1v) is 10.6. The van der Waals surface area contributed by atoms with E-state index < -0.39 is 26.6 Å². The molecule has 0 radical (unpaired) electrons. The topological polar surface area (TPSA) is 49.9 Å². The Hall–Kier alpha value is -1.62. The third-order valence-electron chi connectivity index (χ3n) is 4.57. The Balaban J connectivity index is 1.71. The van der Waals surface area contributed by atoms with Gasteiger partial charge in [-0.05, 0) is 46.3 Å². The summed E-state index contributed by atoms with van der Waals surface area (Å²) in [5.41, 5.74) is 0.441. The van der Waals surface area contributed by atoms with Gasteiger partial charge in [-0.2, -0.15) is 4.31 Å². The molecule has 0 bridgehead atoms. The van der Waals surface area contributed by atoms with E-state index in [2.05, 4.69) is 15.9 Å². The van der Waals surface area contributed by atoms with Crippen molar-refractivity contribution >= 4 is 26.0 Å². The average Bonchev–Trinajstić information content (AvgIpc) is 2.66. The zero-order valence-electron chi connectivity index (χ0n) is 15.0. The number of benzene rings is 2. The number of sulfonamides is 1. The molecule has 28 heavy (non-hydrogen) atoms. The van der Waals surface area contributed by atoms with E-state index >= 15 is 0 Å². The SMILES string of the molecule is COc1ccc(F)c(CN2CCN(S(=O)(=O)c3cc(F)c(Br)cc3F)CC2)c1. The fourth-order valence-corrected chi connectivity index (χ4v) is 4.80. The summed E-state index contributed by atoms with van der Waals surface area (Å²) in [6.07, 6.45) is 0. The highest BCUT2D eigenvalue weighted by Gasteiger charge is 2.31. The van der Waals surface area contributed by atoms with Crippen LogP contribution in [0.5, 0.6) is 5.75 Å². The smallest absolute Gasteiger partial charge is 0.246 e. The molecule has 0 aliphatic carbocycles. The number of hydrogen-bond donors (Lipinski definition) is 0. The molecule has 0 spiro atoms. The van der Waals surface area contributed by atoms with Gasteiger partial charge >= 0.3 is 0 Å². The van der Waals surface area contributed by atoms with Gasteiger partial charge in [0.15, 0.2) is 0 Å². The summed E-state index contributed by atoms with van der Waals surface area (Å²) in [6.45, 7) is 1.13. The first kappa shape index (κ1) is 21.1. The minimum atomic E-state index is -4.17. The highest BCUT2D eigenvalue weighted by molar-refractivity contribution is 9.10. The van der Waals surface area contributed by atoms with Crippen molar-refractivity contribution in [2.45, 2.75) is 11.4 Å². The average molecular weight is 479 g/mol. The summed E-state index contributed by atoms with van der Waals surface area (Å²) in [4.78, 5) is 1.20. The summed E-state index contributed by atoms with van der Waals surface area (Å²) in [5.74, 6) is -1.71. The molecule has 2 aromatic carbocycles. The Morgan fingerprint density at radius 1 is 1.00 bits per heavy atom. The Bertz CT molecular complexity index is 980. The van der Waals surface area contributed by atoms with E-state index in [4.69, 9.17) is 4.74 Å². The van der Waals surface area contributed by atoms with E-state index in [1.165, 1.54) is 19.2 Å². The van der Waals surface area contributed by atoms with Gasteiger partial charge in [0.05, 0.1) is 11.6 Å². The van der Waals surface area contributed by atoms with Crippen molar-refractivity contribution in [2.75, 3.05) is 33.3 Å². The van der Waals surface area contributed by atoms with Crippen LogP contribution >= 0.6 is 15.9 Å². The predicted octanol–water partition coefficient (Wildman–Crippen LogP) is 3.38. The lowest BCUT2D eigenvalue weighted by molar-refractivity contribution is 0.179. The largest absolute Gasteiger partial charge is 0.497 e. The highest BCUT2D eigenvalue weighted by atomic mass is 79.9. The number of halogens is 4. The van der Waals surface area contributed by atoms with Crippen molar-refractivity contribution in [3.05, 3.63) is 57.8 Å². The van der Waals surface area contributed by atoms with Gasteiger partial charge in [-0.3, -0.25) is 4.90 Å². The quantitative estimate of drug-likeness (QED) is 0.618. The molecule has 2 aromatic rings. The second-order valence-electron chi connectivity index (χ2n) is 6.33. The molecule has 1 heterocycles. The van der Waals surface area contributed by atoms with Gasteiger partial charge in [-0.25, -0.2) is 21.6 Å². The van der Waals surface area contributed by atoms with Gasteiger partial charge in [0.25, 0.3) is 0 Å². The Morgan fingerprint density at radius 2 is 1.68 bits per heavy atom. The molecule has 0 unspecified atom stereocenters. The molecule has 1 fully saturated rings. The third kappa shape index (κ3) is 4.35. The van der Waals surface area contributed by atoms with Crippen LogP contribution in [0.25, 0.3) is 0 Å². The highest BCUT2D eigenvalue weighted by Crippen LogP contribution is 2.26. The van der Waals surface area contributed by atoms with Gasteiger partial charge in [-0.15, -0.1) is 0 Å². The van der Waals surface area contributed by atoms with Gasteiger partial charge < -0.3 is 4.74 Å². The summed E-state index contributed by atoms with van der Waals surface area (Å²) >= 11 is 2.83. The molecule has 1 aliphatic rings. The fourth-order valence-electron chi connectivity index (χ4n) is 3.01. The third-order valence-corrected chi connectivity index (χ3v) is 7.09. The molecule has 5 nitrogen and oxygen atoms in total. The molecule has 0 N–H and O–H groups in total. The van der Waals surface area contributed by atoms with Gasteiger partial charge in [0, 0.05) is 38.3 Å². The summed E-state index contributed by atoms with van der Waals surface area (Å²) in [7, 11) is -2.68. The van der Waals surface area contributed by atoms with Crippen LogP contribution in [-0.4, -0.2) is 50.9 Å². The van der Waals surface area contributed by atoms with Gasteiger partial charge in [0.1, 0.15) is 28.1 Å². The normalized spacial score (nSPS) is 16.3. The van der Waals surface area contributed by atoms with Crippen LogP contribution in [0.3, 0.4) is 0 Å². The maximum absolute atomic E-state index is 14.1. The standard InChI is InChI=1S/C18H18BrF3N2O3S/c1-27-13-2-3-15(20)12(8-13)11-23-4-6-24(7-5-23)28(25,26)18-10-16(21)14(19)9-17(18)22/h2-3,8-10H,4-7,11H2,1H3. The molecular formula is C18H18BrF3N2O3S. The summed E-state index contributed by atoms with van der Waals surface area (Å²) in [6, 6.07) is 5.91. The molecule has 0 amide bonds. The summed E-state index contributed by atoms with van der Waals surface area (Å²) in [5, 5.41) is 0. The Morgan fingerprint density at radius 3 is 2.32 bits per heavy atom. The minimum absolute atomic E-state index is 0.0883. The lowest BCUT2D eigenvalue weighted by atomic mass is 10.1. The minimum Gasteiger partial charge on any atom is -0.497 e. The molecule has 0 aromatic heterocycles. The van der Waals surface area contributed by atoms with Crippen LogP contribution in [0, 0.1) is 17.5 Å². The zero-order valence-corrected chi connectivity index (χ0v) is 17.4. The van der Waals surface area contributed by atoms with Gasteiger partial charge in [0.2, 0.25) is 10.0 Å². The second kappa shape index (κ2) is 8.40. The molecular weight excluding hydrogens is 461 g/mol. The van der Waals surface area contributed by atoms with Crippen molar-refractivity contribution in [3.63, 3.8) is 0 Å². The van der Waals surface area contributed by atoms with E-state index in [0.29, 0.717) is 30.5 Å². The first-order valence-electron chi connectivity index (χ1n) is 8.42. The number of ether oxygens (including phenoxy) is 1. The monoisotopic (exact) mass is 478 g/mol. The van der Waals surface area contributed by atoms with Crippen LogP contribution in [0.15, 0.2) is 39.7 Å². The van der Waals surface area contributed by atoms with Crippen LogP contribution in [0.1, 0.15) is 5.56 Å². The fraction of sp³-hybridized carbons (Fsp3) is 0.333. The summed E-state index contributed by atoms with van der Waals surface area (Å²) < 4.78 is 73.2. The van der Waals surface area contributed by atoms with E-state index in [9.17, 15) is 21.6 Å². The second-order valence-corrected chi connectivity index (χ2v) is 9.10. The Labute approximate surface area is 169 Å². The number of rotatable bonds is 5. The zero-order chi connectivity index (χ0) is 20.5. The molecule has 0 saturated carbocycles. The van der Waals surface area contributed by atoms with Crippen molar-refractivity contribution in [1.29, 1.82) is 0 Å². The predicted molar refractivity (Wildman–Crippen MR) is 101 cm³/mol. The Kier molecular flexibility index (Phi) is 6.33. The lowest BCUT2D eigenvalue weighted by Gasteiger charge is -2.34. The molecule has 152 valence electrons. The first-order chi connectivity index (χ1) is 13.2. The molecule has 1 aliphatic heterocycles. The van der Waals surface area contributed by atoms with Crippen molar-refractivity contribution < 1.29 is 26.3 Å². The van der Waals surface area contributed by atoms with Crippen LogP contribution < -0.4 is 4.74 Å². The van der Waals surface area contributed by atoms with Gasteiger partial charge in [-0.1, -0.05) is 0 Å². The van der Waals surface area contributed by atoms with Crippen molar-refractivity contribution in [1.82, 2.24) is 9.21 Å². The number of methoxy groups -OCH3 is 1.